The predicted molar refractivity (Wildman–Crippen MR) is 75.9 cm³/mol. The van der Waals surface area contributed by atoms with Crippen LogP contribution in [0.15, 0.2) is 18.2 Å². The number of anilines is 1. The molecule has 1 N–H and O–H groups in total. The Balaban J connectivity index is 2.20. The topological polar surface area (TPSA) is 41.6 Å². The van der Waals surface area contributed by atoms with Crippen molar-refractivity contribution in [3.63, 3.8) is 0 Å². The number of urea groups is 1. The van der Waals surface area contributed by atoms with E-state index in [4.69, 9.17) is 4.74 Å². The maximum absolute atomic E-state index is 13.0. The van der Waals surface area contributed by atoms with E-state index in [-0.39, 0.29) is 11.4 Å². The SMILES string of the molecule is COc1ccc(NC(=O)N2CCSCC2)c(C(F)(F)F)c1. The van der Waals surface area contributed by atoms with Gasteiger partial charge in [0.15, 0.2) is 0 Å². The van der Waals surface area contributed by atoms with Crippen LogP contribution in [0.25, 0.3) is 0 Å². The molecule has 2 rings (SSSR count). The smallest absolute Gasteiger partial charge is 0.418 e. The van der Waals surface area contributed by atoms with E-state index in [9.17, 15) is 18.0 Å². The van der Waals surface area contributed by atoms with Gasteiger partial charge in [0, 0.05) is 24.6 Å². The highest BCUT2D eigenvalue weighted by molar-refractivity contribution is 7.99. The molecular weight excluding hydrogens is 305 g/mol. The average molecular weight is 320 g/mol. The van der Waals surface area contributed by atoms with Crippen LogP contribution in [-0.2, 0) is 6.18 Å². The molecular formula is C13H15F3N2O2S. The number of methoxy groups -OCH3 is 1. The zero-order valence-electron chi connectivity index (χ0n) is 11.4. The molecule has 1 heterocycles. The summed E-state index contributed by atoms with van der Waals surface area (Å²) in [6, 6.07) is 2.96. The maximum atomic E-state index is 13.0. The predicted octanol–water partition coefficient (Wildman–Crippen LogP) is 3.29. The molecule has 0 radical (unpaired) electrons. The third kappa shape index (κ3) is 3.96. The van der Waals surface area contributed by atoms with Gasteiger partial charge < -0.3 is 15.0 Å². The first-order chi connectivity index (χ1) is 9.91. The molecule has 1 saturated heterocycles. The number of rotatable bonds is 2. The van der Waals surface area contributed by atoms with Crippen LogP contribution >= 0.6 is 11.8 Å². The van der Waals surface area contributed by atoms with E-state index in [2.05, 4.69) is 5.32 Å². The third-order valence-electron chi connectivity index (χ3n) is 3.07. The van der Waals surface area contributed by atoms with Gasteiger partial charge in [-0.3, -0.25) is 0 Å². The molecule has 0 spiro atoms. The number of amides is 2. The van der Waals surface area contributed by atoms with Crippen molar-refractivity contribution in [3.8, 4) is 5.75 Å². The van der Waals surface area contributed by atoms with Gasteiger partial charge in [-0.05, 0) is 18.2 Å². The number of alkyl halides is 3. The minimum Gasteiger partial charge on any atom is -0.497 e. The molecule has 4 nitrogen and oxygen atoms in total. The summed E-state index contributed by atoms with van der Waals surface area (Å²) in [6.45, 7) is 1.07. The number of nitrogens with one attached hydrogen (secondary N) is 1. The standard InChI is InChI=1S/C13H15F3N2O2S/c1-20-9-2-3-11(10(8-9)13(14,15)16)17-12(19)18-4-6-21-7-5-18/h2-3,8H,4-7H2,1H3,(H,17,19). The van der Waals surface area contributed by atoms with Crippen LogP contribution in [-0.4, -0.2) is 42.6 Å². The van der Waals surface area contributed by atoms with Gasteiger partial charge in [-0.1, -0.05) is 0 Å². The number of halogens is 3. The summed E-state index contributed by atoms with van der Waals surface area (Å²) in [5.74, 6) is 1.68. The van der Waals surface area contributed by atoms with Gasteiger partial charge >= 0.3 is 12.2 Å². The highest BCUT2D eigenvalue weighted by Gasteiger charge is 2.35. The third-order valence-corrected chi connectivity index (χ3v) is 4.01. The zero-order valence-corrected chi connectivity index (χ0v) is 12.2. The summed E-state index contributed by atoms with van der Waals surface area (Å²) in [7, 11) is 1.29. The molecule has 1 fully saturated rings. The molecule has 1 aliphatic heterocycles. The molecule has 1 aromatic rings. The fourth-order valence-electron chi connectivity index (χ4n) is 1.95. The van der Waals surface area contributed by atoms with Crippen LogP contribution < -0.4 is 10.1 Å². The Morgan fingerprint density at radius 1 is 1.33 bits per heavy atom. The van der Waals surface area contributed by atoms with Gasteiger partial charge in [0.1, 0.15) is 5.75 Å². The van der Waals surface area contributed by atoms with Gasteiger partial charge in [-0.15, -0.1) is 0 Å². The zero-order chi connectivity index (χ0) is 15.5. The number of ether oxygens (including phenoxy) is 1. The van der Waals surface area contributed by atoms with E-state index >= 15 is 0 Å². The molecule has 0 aliphatic carbocycles. The van der Waals surface area contributed by atoms with Crippen molar-refractivity contribution < 1.29 is 22.7 Å². The van der Waals surface area contributed by atoms with Crippen LogP contribution in [0.5, 0.6) is 5.75 Å². The molecule has 116 valence electrons. The first-order valence-electron chi connectivity index (χ1n) is 6.30. The van der Waals surface area contributed by atoms with E-state index in [0.717, 1.165) is 17.6 Å². The van der Waals surface area contributed by atoms with Gasteiger partial charge in [0.25, 0.3) is 0 Å². The van der Waals surface area contributed by atoms with Crippen molar-refractivity contribution in [1.82, 2.24) is 4.90 Å². The van der Waals surface area contributed by atoms with Crippen LogP contribution in [0.4, 0.5) is 23.7 Å². The second-order valence-corrected chi connectivity index (χ2v) is 5.66. The van der Waals surface area contributed by atoms with E-state index in [1.807, 2.05) is 0 Å². The maximum Gasteiger partial charge on any atom is 0.418 e. The molecule has 1 aliphatic rings. The Bertz CT molecular complexity index is 517. The molecule has 0 bridgehead atoms. The lowest BCUT2D eigenvalue weighted by Crippen LogP contribution is -2.40. The fourth-order valence-corrected chi connectivity index (χ4v) is 2.86. The average Bonchev–Trinajstić information content (AvgIpc) is 2.47. The number of carbonyl (C=O) groups is 1. The number of nitrogens with zero attached hydrogens (tertiary/aromatic N) is 1. The van der Waals surface area contributed by atoms with Crippen LogP contribution in [0, 0.1) is 0 Å². The minimum atomic E-state index is -4.56. The van der Waals surface area contributed by atoms with Crippen molar-refractivity contribution in [1.29, 1.82) is 0 Å². The van der Waals surface area contributed by atoms with Crippen molar-refractivity contribution in [2.45, 2.75) is 6.18 Å². The normalized spacial score (nSPS) is 15.7. The lowest BCUT2D eigenvalue weighted by atomic mass is 10.1. The Morgan fingerprint density at radius 3 is 2.57 bits per heavy atom. The van der Waals surface area contributed by atoms with E-state index in [1.54, 1.807) is 11.8 Å². The Hall–Kier alpha value is -1.57. The Labute approximate surface area is 124 Å². The molecule has 8 heteroatoms. The van der Waals surface area contributed by atoms with Crippen molar-refractivity contribution in [2.75, 3.05) is 37.0 Å². The fraction of sp³-hybridized carbons (Fsp3) is 0.462. The molecule has 0 saturated carbocycles. The van der Waals surface area contributed by atoms with Crippen molar-refractivity contribution >= 4 is 23.5 Å². The highest BCUT2D eigenvalue weighted by atomic mass is 32.2. The second-order valence-electron chi connectivity index (χ2n) is 4.44. The summed E-state index contributed by atoms with van der Waals surface area (Å²) >= 11 is 1.72. The molecule has 1 aromatic carbocycles. The lowest BCUT2D eigenvalue weighted by Gasteiger charge is -2.27. The summed E-state index contributed by atoms with van der Waals surface area (Å²) in [5.41, 5.74) is -1.17. The van der Waals surface area contributed by atoms with E-state index < -0.39 is 17.8 Å². The quantitative estimate of drug-likeness (QED) is 0.909. The van der Waals surface area contributed by atoms with Crippen molar-refractivity contribution in [2.24, 2.45) is 0 Å². The molecule has 2 amide bonds. The number of carbonyl (C=O) groups excluding carboxylic acids is 1. The first kappa shape index (κ1) is 15.8. The highest BCUT2D eigenvalue weighted by Crippen LogP contribution is 2.37. The van der Waals surface area contributed by atoms with Crippen molar-refractivity contribution in [3.05, 3.63) is 23.8 Å². The summed E-state index contributed by atoms with van der Waals surface area (Å²) in [6.07, 6.45) is -4.56. The van der Waals surface area contributed by atoms with E-state index in [1.165, 1.54) is 24.1 Å². The van der Waals surface area contributed by atoms with Crippen LogP contribution in [0.3, 0.4) is 0 Å². The summed E-state index contributed by atoms with van der Waals surface area (Å²) in [5, 5.41) is 2.34. The van der Waals surface area contributed by atoms with Crippen LogP contribution in [0.2, 0.25) is 0 Å². The number of hydrogen-bond acceptors (Lipinski definition) is 3. The van der Waals surface area contributed by atoms with Crippen LogP contribution in [0.1, 0.15) is 5.56 Å². The lowest BCUT2D eigenvalue weighted by molar-refractivity contribution is -0.137. The first-order valence-corrected chi connectivity index (χ1v) is 7.46. The molecule has 0 aromatic heterocycles. The Morgan fingerprint density at radius 2 is 2.00 bits per heavy atom. The monoisotopic (exact) mass is 320 g/mol. The second kappa shape index (κ2) is 6.46. The summed E-state index contributed by atoms with van der Waals surface area (Å²) < 4.78 is 43.9. The minimum absolute atomic E-state index is 0.0923. The summed E-state index contributed by atoms with van der Waals surface area (Å²) in [4.78, 5) is 13.5. The van der Waals surface area contributed by atoms with Gasteiger partial charge in [-0.2, -0.15) is 24.9 Å². The molecule has 21 heavy (non-hydrogen) atoms. The van der Waals surface area contributed by atoms with E-state index in [0.29, 0.717) is 13.1 Å². The van der Waals surface area contributed by atoms with Gasteiger partial charge in [0.05, 0.1) is 18.4 Å². The number of benzene rings is 1. The van der Waals surface area contributed by atoms with Gasteiger partial charge in [0.2, 0.25) is 0 Å². The van der Waals surface area contributed by atoms with Gasteiger partial charge in [-0.25, -0.2) is 4.79 Å². The number of thioether (sulfide) groups is 1. The molecule has 0 atom stereocenters. The number of hydrogen-bond donors (Lipinski definition) is 1. The molecule has 0 unspecified atom stereocenters. The Kier molecular flexibility index (Phi) is 4.87. The largest absolute Gasteiger partial charge is 0.497 e.